The number of alkyl halides is 3. The van der Waals surface area contributed by atoms with Crippen LogP contribution in [0.1, 0.15) is 39.4 Å². The first-order valence-corrected chi connectivity index (χ1v) is 6.07. The zero-order chi connectivity index (χ0) is 13.9. The lowest BCUT2D eigenvalue weighted by molar-refractivity contribution is -0.141. The van der Waals surface area contributed by atoms with Crippen molar-refractivity contribution in [3.63, 3.8) is 0 Å². The molecule has 0 radical (unpaired) electrons. The lowest BCUT2D eigenvalue weighted by Gasteiger charge is -2.23. The van der Waals surface area contributed by atoms with Crippen LogP contribution in [0.3, 0.4) is 0 Å². The SMILES string of the molecule is CC(C)NCC(C(C)C)n1ccc(C(F)(F)F)n1. The third-order valence-electron chi connectivity index (χ3n) is 2.74. The standard InChI is InChI=1S/C12H20F3N3/c1-8(2)10(7-16-9(3)4)18-6-5-11(17-18)12(13,14)15/h5-6,8-10,16H,7H2,1-4H3. The molecule has 0 aliphatic rings. The van der Waals surface area contributed by atoms with Gasteiger partial charge in [0.15, 0.2) is 5.69 Å². The molecule has 0 spiro atoms. The largest absolute Gasteiger partial charge is 0.435 e. The van der Waals surface area contributed by atoms with Crippen LogP contribution >= 0.6 is 0 Å². The van der Waals surface area contributed by atoms with Crippen LogP contribution in [0, 0.1) is 5.92 Å². The molecule has 0 bridgehead atoms. The topological polar surface area (TPSA) is 29.9 Å². The van der Waals surface area contributed by atoms with Gasteiger partial charge < -0.3 is 5.32 Å². The zero-order valence-corrected chi connectivity index (χ0v) is 11.1. The fourth-order valence-corrected chi connectivity index (χ4v) is 1.67. The molecular weight excluding hydrogens is 243 g/mol. The smallest absolute Gasteiger partial charge is 0.312 e. The van der Waals surface area contributed by atoms with Crippen LogP contribution in [-0.4, -0.2) is 22.4 Å². The number of nitrogens with one attached hydrogen (secondary N) is 1. The second-order valence-corrected chi connectivity index (χ2v) is 5.05. The summed E-state index contributed by atoms with van der Waals surface area (Å²) < 4.78 is 38.9. The van der Waals surface area contributed by atoms with Gasteiger partial charge >= 0.3 is 6.18 Å². The second kappa shape index (κ2) is 5.73. The Morgan fingerprint density at radius 3 is 2.28 bits per heavy atom. The Morgan fingerprint density at radius 2 is 1.89 bits per heavy atom. The van der Waals surface area contributed by atoms with Gasteiger partial charge in [0.2, 0.25) is 0 Å². The van der Waals surface area contributed by atoms with Crippen molar-refractivity contribution in [1.29, 1.82) is 0 Å². The van der Waals surface area contributed by atoms with Crippen LogP contribution in [0.4, 0.5) is 13.2 Å². The first kappa shape index (κ1) is 15.0. The number of aromatic nitrogens is 2. The quantitative estimate of drug-likeness (QED) is 0.884. The molecule has 0 aliphatic heterocycles. The Labute approximate surface area is 105 Å². The Hall–Kier alpha value is -1.04. The van der Waals surface area contributed by atoms with E-state index in [9.17, 15) is 13.2 Å². The normalized spacial score (nSPS) is 14.5. The van der Waals surface area contributed by atoms with Crippen molar-refractivity contribution in [3.8, 4) is 0 Å². The fraction of sp³-hybridized carbons (Fsp3) is 0.750. The van der Waals surface area contributed by atoms with Gasteiger partial charge in [-0.3, -0.25) is 4.68 Å². The fourth-order valence-electron chi connectivity index (χ4n) is 1.67. The minimum absolute atomic E-state index is 0.0801. The molecule has 1 aromatic heterocycles. The molecule has 0 aliphatic carbocycles. The molecule has 1 N–H and O–H groups in total. The Balaban J connectivity index is 2.83. The van der Waals surface area contributed by atoms with Gasteiger partial charge in [-0.15, -0.1) is 0 Å². The molecule has 18 heavy (non-hydrogen) atoms. The summed E-state index contributed by atoms with van der Waals surface area (Å²) in [5, 5.41) is 6.86. The predicted molar refractivity (Wildman–Crippen MR) is 64.2 cm³/mol. The van der Waals surface area contributed by atoms with Crippen molar-refractivity contribution < 1.29 is 13.2 Å². The Kier molecular flexibility index (Phi) is 4.78. The van der Waals surface area contributed by atoms with Crippen LogP contribution in [0.15, 0.2) is 12.3 Å². The van der Waals surface area contributed by atoms with Gasteiger partial charge in [-0.1, -0.05) is 27.7 Å². The lowest BCUT2D eigenvalue weighted by atomic mass is 10.0. The Morgan fingerprint density at radius 1 is 1.28 bits per heavy atom. The molecule has 0 saturated heterocycles. The van der Waals surface area contributed by atoms with E-state index in [-0.39, 0.29) is 12.0 Å². The highest BCUT2D eigenvalue weighted by molar-refractivity contribution is 5.04. The summed E-state index contributed by atoms with van der Waals surface area (Å²) in [6.45, 7) is 8.56. The molecule has 0 fully saturated rings. The lowest BCUT2D eigenvalue weighted by Crippen LogP contribution is -2.33. The van der Waals surface area contributed by atoms with Crippen molar-refractivity contribution >= 4 is 0 Å². The van der Waals surface area contributed by atoms with E-state index in [1.54, 1.807) is 0 Å². The molecular formula is C12H20F3N3. The molecule has 6 heteroatoms. The van der Waals surface area contributed by atoms with Crippen molar-refractivity contribution in [1.82, 2.24) is 15.1 Å². The molecule has 3 nitrogen and oxygen atoms in total. The number of hydrogen-bond acceptors (Lipinski definition) is 2. The molecule has 1 heterocycles. The summed E-state index contributed by atoms with van der Waals surface area (Å²) in [4.78, 5) is 0. The van der Waals surface area contributed by atoms with E-state index < -0.39 is 11.9 Å². The van der Waals surface area contributed by atoms with Gasteiger partial charge in [0, 0.05) is 18.8 Å². The Bertz CT molecular complexity index is 369. The summed E-state index contributed by atoms with van der Waals surface area (Å²) >= 11 is 0. The maximum atomic E-state index is 12.5. The maximum absolute atomic E-state index is 12.5. The zero-order valence-electron chi connectivity index (χ0n) is 11.1. The van der Waals surface area contributed by atoms with Gasteiger partial charge in [-0.25, -0.2) is 0 Å². The van der Waals surface area contributed by atoms with E-state index in [0.717, 1.165) is 6.07 Å². The monoisotopic (exact) mass is 263 g/mol. The molecule has 1 atom stereocenters. The van der Waals surface area contributed by atoms with Crippen molar-refractivity contribution in [2.75, 3.05) is 6.54 Å². The first-order valence-electron chi connectivity index (χ1n) is 6.07. The molecule has 1 rings (SSSR count). The van der Waals surface area contributed by atoms with Crippen LogP contribution in [-0.2, 0) is 6.18 Å². The average molecular weight is 263 g/mol. The van der Waals surface area contributed by atoms with E-state index >= 15 is 0 Å². The highest BCUT2D eigenvalue weighted by atomic mass is 19.4. The molecule has 0 saturated carbocycles. The molecule has 104 valence electrons. The van der Waals surface area contributed by atoms with E-state index in [1.165, 1.54) is 10.9 Å². The third-order valence-corrected chi connectivity index (χ3v) is 2.74. The van der Waals surface area contributed by atoms with Gasteiger partial charge in [0.1, 0.15) is 0 Å². The third kappa shape index (κ3) is 4.01. The molecule has 1 unspecified atom stereocenters. The average Bonchev–Trinajstić information content (AvgIpc) is 2.65. The summed E-state index contributed by atoms with van der Waals surface area (Å²) in [5.41, 5.74) is -0.835. The van der Waals surface area contributed by atoms with E-state index in [0.29, 0.717) is 12.6 Å². The van der Waals surface area contributed by atoms with Crippen LogP contribution < -0.4 is 5.32 Å². The first-order chi connectivity index (χ1) is 8.21. The van der Waals surface area contributed by atoms with Crippen molar-refractivity contribution in [3.05, 3.63) is 18.0 Å². The van der Waals surface area contributed by atoms with E-state index in [1.807, 2.05) is 27.7 Å². The minimum Gasteiger partial charge on any atom is -0.312 e. The van der Waals surface area contributed by atoms with E-state index in [2.05, 4.69) is 10.4 Å². The minimum atomic E-state index is -4.38. The highest BCUT2D eigenvalue weighted by Gasteiger charge is 2.34. The summed E-state index contributed by atoms with van der Waals surface area (Å²) in [6, 6.07) is 1.23. The summed E-state index contributed by atoms with van der Waals surface area (Å²) in [7, 11) is 0. The van der Waals surface area contributed by atoms with Gasteiger partial charge in [0.25, 0.3) is 0 Å². The summed E-state index contributed by atoms with van der Waals surface area (Å²) in [5.74, 6) is 0.206. The number of halogens is 3. The number of nitrogens with zero attached hydrogens (tertiary/aromatic N) is 2. The second-order valence-electron chi connectivity index (χ2n) is 5.05. The number of rotatable bonds is 5. The van der Waals surface area contributed by atoms with Crippen molar-refractivity contribution in [2.45, 2.75) is 46.0 Å². The highest BCUT2D eigenvalue weighted by Crippen LogP contribution is 2.28. The van der Waals surface area contributed by atoms with Crippen LogP contribution in [0.2, 0.25) is 0 Å². The molecule has 0 amide bonds. The van der Waals surface area contributed by atoms with Gasteiger partial charge in [-0.2, -0.15) is 18.3 Å². The van der Waals surface area contributed by atoms with Gasteiger partial charge in [-0.05, 0) is 12.0 Å². The van der Waals surface area contributed by atoms with E-state index in [4.69, 9.17) is 0 Å². The predicted octanol–water partition coefficient (Wildman–Crippen LogP) is 3.10. The maximum Gasteiger partial charge on any atom is 0.435 e. The van der Waals surface area contributed by atoms with Crippen molar-refractivity contribution in [2.24, 2.45) is 5.92 Å². The van der Waals surface area contributed by atoms with Gasteiger partial charge in [0.05, 0.1) is 6.04 Å². The molecule has 1 aromatic rings. The van der Waals surface area contributed by atoms with Crippen LogP contribution in [0.25, 0.3) is 0 Å². The van der Waals surface area contributed by atoms with Crippen LogP contribution in [0.5, 0.6) is 0 Å². The molecule has 0 aromatic carbocycles. The number of hydrogen-bond donors (Lipinski definition) is 1. The summed E-state index contributed by atoms with van der Waals surface area (Å²) in [6.07, 6.45) is -2.98.